The molecular weight excluding hydrogens is 234 g/mol. The SMILES string of the molecule is CC.Cc1cc(CC=O)cc2cc(Cl)cnc12. The first kappa shape index (κ1) is 13.7. The molecule has 90 valence electrons. The van der Waals surface area contributed by atoms with Crippen molar-refractivity contribution >= 4 is 28.8 Å². The maximum atomic E-state index is 10.4. The maximum Gasteiger partial charge on any atom is 0.124 e. The summed E-state index contributed by atoms with van der Waals surface area (Å²) in [5.41, 5.74) is 3.01. The molecule has 0 N–H and O–H groups in total. The zero-order chi connectivity index (χ0) is 12.8. The number of rotatable bonds is 2. The number of halogens is 1. The van der Waals surface area contributed by atoms with Crippen molar-refractivity contribution in [2.45, 2.75) is 27.2 Å². The topological polar surface area (TPSA) is 30.0 Å². The van der Waals surface area contributed by atoms with Crippen LogP contribution in [0, 0.1) is 6.92 Å². The smallest absolute Gasteiger partial charge is 0.124 e. The predicted octanol–water partition coefficient (Wildman–Crippen LogP) is 3.96. The maximum absolute atomic E-state index is 10.4. The van der Waals surface area contributed by atoms with Gasteiger partial charge in [0, 0.05) is 18.0 Å². The number of aryl methyl sites for hydroxylation is 1. The van der Waals surface area contributed by atoms with E-state index in [-0.39, 0.29) is 0 Å². The van der Waals surface area contributed by atoms with Gasteiger partial charge in [0.05, 0.1) is 10.5 Å². The Bertz CT molecular complexity index is 523. The van der Waals surface area contributed by atoms with Gasteiger partial charge in [0.1, 0.15) is 6.29 Å². The van der Waals surface area contributed by atoms with Crippen molar-refractivity contribution in [3.05, 3.63) is 40.5 Å². The normalized spacial score (nSPS) is 9.65. The van der Waals surface area contributed by atoms with E-state index in [2.05, 4.69) is 4.98 Å². The average molecular weight is 250 g/mol. The van der Waals surface area contributed by atoms with Gasteiger partial charge in [-0.3, -0.25) is 4.98 Å². The molecule has 0 aliphatic rings. The average Bonchev–Trinajstić information content (AvgIpc) is 2.31. The van der Waals surface area contributed by atoms with E-state index in [1.165, 1.54) is 0 Å². The minimum Gasteiger partial charge on any atom is -0.303 e. The molecule has 0 aliphatic carbocycles. The van der Waals surface area contributed by atoms with Crippen LogP contribution in [0.5, 0.6) is 0 Å². The largest absolute Gasteiger partial charge is 0.303 e. The fraction of sp³-hybridized carbons (Fsp3) is 0.286. The van der Waals surface area contributed by atoms with Crippen LogP contribution in [0.1, 0.15) is 25.0 Å². The van der Waals surface area contributed by atoms with Gasteiger partial charge in [-0.25, -0.2) is 0 Å². The number of pyridine rings is 1. The second kappa shape index (κ2) is 6.36. The molecule has 0 saturated carbocycles. The van der Waals surface area contributed by atoms with E-state index in [1.54, 1.807) is 6.20 Å². The zero-order valence-electron chi connectivity index (χ0n) is 10.3. The van der Waals surface area contributed by atoms with Gasteiger partial charge in [-0.2, -0.15) is 0 Å². The van der Waals surface area contributed by atoms with Crippen molar-refractivity contribution in [2.24, 2.45) is 0 Å². The molecule has 3 heteroatoms. The lowest BCUT2D eigenvalue weighted by Crippen LogP contribution is -1.90. The lowest BCUT2D eigenvalue weighted by Gasteiger charge is -2.04. The molecule has 0 bridgehead atoms. The second-order valence-electron chi connectivity index (χ2n) is 3.51. The number of hydrogen-bond acceptors (Lipinski definition) is 2. The van der Waals surface area contributed by atoms with E-state index in [0.717, 1.165) is 28.3 Å². The van der Waals surface area contributed by atoms with Gasteiger partial charge in [0.15, 0.2) is 0 Å². The van der Waals surface area contributed by atoms with E-state index in [0.29, 0.717) is 11.4 Å². The lowest BCUT2D eigenvalue weighted by atomic mass is 10.0. The fourth-order valence-electron chi connectivity index (χ4n) is 1.70. The Hall–Kier alpha value is -1.41. The van der Waals surface area contributed by atoms with Gasteiger partial charge in [-0.1, -0.05) is 31.5 Å². The van der Waals surface area contributed by atoms with Crippen LogP contribution in [0.15, 0.2) is 24.4 Å². The summed E-state index contributed by atoms with van der Waals surface area (Å²) in [6.45, 7) is 5.98. The molecule has 1 aromatic carbocycles. The zero-order valence-corrected chi connectivity index (χ0v) is 11.1. The highest BCUT2D eigenvalue weighted by atomic mass is 35.5. The van der Waals surface area contributed by atoms with Gasteiger partial charge >= 0.3 is 0 Å². The Labute approximate surface area is 107 Å². The van der Waals surface area contributed by atoms with Crippen LogP contribution in [0.2, 0.25) is 5.02 Å². The first-order valence-corrected chi connectivity index (χ1v) is 6.07. The molecule has 17 heavy (non-hydrogen) atoms. The number of benzene rings is 1. The molecule has 0 atom stereocenters. The fourth-order valence-corrected chi connectivity index (χ4v) is 1.86. The Balaban J connectivity index is 0.000000686. The summed E-state index contributed by atoms with van der Waals surface area (Å²) in [5, 5.41) is 1.60. The summed E-state index contributed by atoms with van der Waals surface area (Å²) in [6, 6.07) is 5.80. The van der Waals surface area contributed by atoms with Crippen LogP contribution in [0.4, 0.5) is 0 Å². The van der Waals surface area contributed by atoms with Crippen LogP contribution in [0.25, 0.3) is 10.9 Å². The number of hydrogen-bond donors (Lipinski definition) is 0. The number of carbonyl (C=O) groups excluding carboxylic acids is 1. The third-order valence-corrected chi connectivity index (χ3v) is 2.53. The van der Waals surface area contributed by atoms with Crippen molar-refractivity contribution in [2.75, 3.05) is 0 Å². The van der Waals surface area contributed by atoms with Crippen LogP contribution < -0.4 is 0 Å². The number of aldehydes is 1. The first-order chi connectivity index (χ1) is 8.20. The summed E-state index contributed by atoms with van der Waals surface area (Å²) < 4.78 is 0. The van der Waals surface area contributed by atoms with E-state index in [4.69, 9.17) is 11.6 Å². The molecule has 0 aliphatic heterocycles. The van der Waals surface area contributed by atoms with Gasteiger partial charge in [-0.15, -0.1) is 0 Å². The van der Waals surface area contributed by atoms with E-state index in [1.807, 2.05) is 39.0 Å². The van der Waals surface area contributed by atoms with E-state index >= 15 is 0 Å². The minimum absolute atomic E-state index is 0.434. The third kappa shape index (κ3) is 3.27. The molecule has 0 fully saturated rings. The van der Waals surface area contributed by atoms with Crippen LogP contribution >= 0.6 is 11.6 Å². The number of nitrogens with zero attached hydrogens (tertiary/aromatic N) is 1. The molecule has 2 rings (SSSR count). The summed E-state index contributed by atoms with van der Waals surface area (Å²) in [4.78, 5) is 14.7. The quantitative estimate of drug-likeness (QED) is 0.754. The van der Waals surface area contributed by atoms with E-state index in [9.17, 15) is 4.79 Å². The number of aromatic nitrogens is 1. The van der Waals surface area contributed by atoms with Crippen molar-refractivity contribution in [3.8, 4) is 0 Å². The van der Waals surface area contributed by atoms with Crippen molar-refractivity contribution in [1.29, 1.82) is 0 Å². The first-order valence-electron chi connectivity index (χ1n) is 5.69. The minimum atomic E-state index is 0.434. The highest BCUT2D eigenvalue weighted by molar-refractivity contribution is 6.31. The van der Waals surface area contributed by atoms with Crippen molar-refractivity contribution < 1.29 is 4.79 Å². The molecule has 0 saturated heterocycles. The Morgan fingerprint density at radius 2 is 2.00 bits per heavy atom. The van der Waals surface area contributed by atoms with Crippen molar-refractivity contribution in [1.82, 2.24) is 4.98 Å². The van der Waals surface area contributed by atoms with Gasteiger partial charge in [0.2, 0.25) is 0 Å². The third-order valence-electron chi connectivity index (χ3n) is 2.32. The number of fused-ring (bicyclic) bond motifs is 1. The molecule has 2 aromatic rings. The molecule has 0 spiro atoms. The molecule has 0 amide bonds. The Morgan fingerprint density at radius 3 is 2.65 bits per heavy atom. The molecule has 1 aromatic heterocycles. The highest BCUT2D eigenvalue weighted by Crippen LogP contribution is 2.21. The van der Waals surface area contributed by atoms with Crippen LogP contribution in [-0.2, 0) is 11.2 Å². The second-order valence-corrected chi connectivity index (χ2v) is 3.95. The predicted molar refractivity (Wildman–Crippen MR) is 72.6 cm³/mol. The monoisotopic (exact) mass is 249 g/mol. The van der Waals surface area contributed by atoms with Crippen LogP contribution in [0.3, 0.4) is 0 Å². The molecule has 2 nitrogen and oxygen atoms in total. The molecule has 1 heterocycles. The Kier molecular flexibility index (Phi) is 5.11. The summed E-state index contributed by atoms with van der Waals surface area (Å²) >= 11 is 5.87. The molecular formula is C14H16ClNO. The van der Waals surface area contributed by atoms with Gasteiger partial charge in [0.25, 0.3) is 0 Å². The highest BCUT2D eigenvalue weighted by Gasteiger charge is 2.02. The standard InChI is InChI=1S/C12H10ClNO.C2H6/c1-8-4-9(2-3-15)5-10-6-11(13)7-14-12(8)10;1-2/h3-7H,2H2,1H3;1-2H3. The summed E-state index contributed by atoms with van der Waals surface area (Å²) in [5.74, 6) is 0. The van der Waals surface area contributed by atoms with Gasteiger partial charge < -0.3 is 4.79 Å². The van der Waals surface area contributed by atoms with Crippen LogP contribution in [-0.4, -0.2) is 11.3 Å². The lowest BCUT2D eigenvalue weighted by molar-refractivity contribution is -0.107. The molecule has 0 unspecified atom stereocenters. The number of carbonyl (C=O) groups is 1. The summed E-state index contributed by atoms with van der Waals surface area (Å²) in [7, 11) is 0. The molecule has 0 radical (unpaired) electrons. The van der Waals surface area contributed by atoms with Crippen molar-refractivity contribution in [3.63, 3.8) is 0 Å². The van der Waals surface area contributed by atoms with E-state index < -0.39 is 0 Å². The summed E-state index contributed by atoms with van der Waals surface area (Å²) in [6.07, 6.45) is 2.97. The Morgan fingerprint density at radius 1 is 1.29 bits per heavy atom. The van der Waals surface area contributed by atoms with Gasteiger partial charge in [-0.05, 0) is 30.2 Å².